The third-order valence-electron chi connectivity index (χ3n) is 6.72. The number of hydrogen-bond acceptors (Lipinski definition) is 5. The highest BCUT2D eigenvalue weighted by atomic mass is 35.5. The minimum absolute atomic E-state index is 0.0266. The van der Waals surface area contributed by atoms with E-state index in [1.807, 2.05) is 41.3 Å². The summed E-state index contributed by atoms with van der Waals surface area (Å²) in [5.41, 5.74) is 2.82. The van der Waals surface area contributed by atoms with Crippen molar-refractivity contribution in [2.45, 2.75) is 39.8 Å². The quantitative estimate of drug-likeness (QED) is 0.473. The highest BCUT2D eigenvalue weighted by molar-refractivity contribution is 6.30. The molecule has 200 valence electrons. The van der Waals surface area contributed by atoms with E-state index in [4.69, 9.17) is 21.4 Å². The van der Waals surface area contributed by atoms with Gasteiger partial charge in [-0.15, -0.1) is 0 Å². The van der Waals surface area contributed by atoms with Crippen LogP contribution < -0.4 is 10.2 Å². The summed E-state index contributed by atoms with van der Waals surface area (Å²) in [7, 11) is 0. The van der Waals surface area contributed by atoms with Crippen LogP contribution in [0.4, 0.5) is 5.69 Å². The lowest BCUT2D eigenvalue weighted by Gasteiger charge is -2.32. The maximum Gasteiger partial charge on any atom is 0.321 e. The number of halogens is 1. The van der Waals surface area contributed by atoms with Crippen LogP contribution in [0.15, 0.2) is 60.7 Å². The van der Waals surface area contributed by atoms with Crippen molar-refractivity contribution < 1.29 is 24.2 Å². The lowest BCUT2D eigenvalue weighted by atomic mass is 9.88. The average Bonchev–Trinajstić information content (AvgIpc) is 2.93. The Labute approximate surface area is 227 Å². The molecule has 3 aromatic carbocycles. The first kappa shape index (κ1) is 27.8. The van der Waals surface area contributed by atoms with Crippen LogP contribution in [0.1, 0.15) is 44.9 Å². The van der Waals surface area contributed by atoms with Crippen LogP contribution in [0.2, 0.25) is 5.02 Å². The molecule has 1 amide bonds. The van der Waals surface area contributed by atoms with Gasteiger partial charge < -0.3 is 20.1 Å². The normalized spacial score (nSPS) is 21.0. The summed E-state index contributed by atoms with van der Waals surface area (Å²) in [5, 5.41) is 14.0. The number of carbonyl (C=O) groups is 3. The van der Waals surface area contributed by atoms with E-state index < -0.39 is 12.0 Å². The van der Waals surface area contributed by atoms with Crippen molar-refractivity contribution in [3.8, 4) is 0 Å². The first-order chi connectivity index (χ1) is 18.0. The molecule has 0 radical (unpaired) electrons. The number of fused-ring (bicyclic) bond motifs is 2. The fraction of sp³-hybridized carbons (Fsp3) is 0.367. The second-order valence-electron chi connectivity index (χ2n) is 10.9. The summed E-state index contributed by atoms with van der Waals surface area (Å²) in [5.74, 6) is -1.32. The number of carboxylic acid groups (broad SMARTS) is 1. The average molecular weight is 537 g/mol. The first-order valence-electron chi connectivity index (χ1n) is 12.6. The third-order valence-corrected chi connectivity index (χ3v) is 6.96. The number of anilines is 1. The molecule has 0 bridgehead atoms. The minimum atomic E-state index is -0.938. The van der Waals surface area contributed by atoms with Gasteiger partial charge in [0.1, 0.15) is 24.5 Å². The Morgan fingerprint density at radius 1 is 1.08 bits per heavy atom. The molecule has 1 saturated heterocycles. The molecule has 0 saturated carbocycles. The number of ketones is 1. The maximum absolute atomic E-state index is 12.9. The van der Waals surface area contributed by atoms with Crippen molar-refractivity contribution in [2.24, 2.45) is 11.3 Å². The summed E-state index contributed by atoms with van der Waals surface area (Å²) in [4.78, 5) is 35.7. The maximum atomic E-state index is 12.9. The molecule has 8 heteroatoms. The Kier molecular flexibility index (Phi) is 8.21. The van der Waals surface area contributed by atoms with Gasteiger partial charge in [0, 0.05) is 29.4 Å². The molecular weight excluding hydrogens is 504 g/mol. The molecule has 1 unspecified atom stereocenters. The van der Waals surface area contributed by atoms with Crippen LogP contribution >= 0.6 is 11.6 Å². The lowest BCUT2D eigenvalue weighted by molar-refractivity contribution is -0.147. The minimum Gasteiger partial charge on any atom is -0.480 e. The van der Waals surface area contributed by atoms with Gasteiger partial charge in [0.25, 0.3) is 5.91 Å². The summed E-state index contributed by atoms with van der Waals surface area (Å²) in [6.07, 6.45) is -0.353. The van der Waals surface area contributed by atoms with Crippen LogP contribution in [0.5, 0.6) is 0 Å². The molecule has 2 heterocycles. The van der Waals surface area contributed by atoms with E-state index >= 15 is 0 Å². The second kappa shape index (κ2) is 11.2. The summed E-state index contributed by atoms with van der Waals surface area (Å²) < 4.78 is 6.19. The predicted molar refractivity (Wildman–Crippen MR) is 149 cm³/mol. The molecule has 3 aromatic rings. The Hall–Kier alpha value is -3.26. The van der Waals surface area contributed by atoms with Crippen LogP contribution in [-0.4, -0.2) is 48.5 Å². The molecule has 7 nitrogen and oxygen atoms in total. The first-order valence-corrected chi connectivity index (χ1v) is 13.0. The molecule has 2 aliphatic rings. The zero-order valence-corrected chi connectivity index (χ0v) is 22.8. The summed E-state index contributed by atoms with van der Waals surface area (Å²) in [6, 6.07) is 19.5. The lowest BCUT2D eigenvalue weighted by Crippen LogP contribution is -2.59. The third kappa shape index (κ3) is 6.07. The van der Waals surface area contributed by atoms with Crippen molar-refractivity contribution in [3.63, 3.8) is 0 Å². The number of rotatable bonds is 4. The van der Waals surface area contributed by atoms with Gasteiger partial charge in [0.15, 0.2) is 0 Å². The smallest absolute Gasteiger partial charge is 0.321 e. The molecule has 0 spiro atoms. The highest BCUT2D eigenvalue weighted by Crippen LogP contribution is 2.40. The van der Waals surface area contributed by atoms with Crippen LogP contribution in [0, 0.1) is 11.3 Å². The highest BCUT2D eigenvalue weighted by Gasteiger charge is 2.39. The number of benzene rings is 3. The number of ether oxygens (including phenoxy) is 1. The van der Waals surface area contributed by atoms with Gasteiger partial charge in [-0.1, -0.05) is 74.8 Å². The Morgan fingerprint density at radius 3 is 2.39 bits per heavy atom. The molecule has 2 aliphatic heterocycles. The Morgan fingerprint density at radius 2 is 1.79 bits per heavy atom. The number of nitrogens with one attached hydrogen (secondary N) is 1. The molecule has 0 aliphatic carbocycles. The van der Waals surface area contributed by atoms with E-state index in [0.717, 1.165) is 27.6 Å². The van der Waals surface area contributed by atoms with E-state index in [-0.39, 0.29) is 35.7 Å². The van der Waals surface area contributed by atoms with Crippen LogP contribution in [0.3, 0.4) is 0 Å². The van der Waals surface area contributed by atoms with E-state index in [2.05, 4.69) is 50.4 Å². The summed E-state index contributed by atoms with van der Waals surface area (Å²) in [6.45, 7) is 8.97. The molecular formula is C30H33ClN2O5. The zero-order valence-electron chi connectivity index (χ0n) is 22.0. The fourth-order valence-corrected chi connectivity index (χ4v) is 4.99. The Bertz CT molecular complexity index is 1340. The van der Waals surface area contributed by atoms with Crippen molar-refractivity contribution in [3.05, 3.63) is 76.8 Å². The van der Waals surface area contributed by atoms with E-state index in [1.165, 1.54) is 6.92 Å². The van der Waals surface area contributed by atoms with Gasteiger partial charge in [-0.3, -0.25) is 14.4 Å². The number of Topliss-reactive ketones (excluding diaryl/α,β-unsaturated/α-hetero) is 1. The topological polar surface area (TPSA) is 95.9 Å². The van der Waals surface area contributed by atoms with Gasteiger partial charge in [-0.05, 0) is 46.9 Å². The molecule has 38 heavy (non-hydrogen) atoms. The van der Waals surface area contributed by atoms with Crippen LogP contribution in [0.25, 0.3) is 10.8 Å². The van der Waals surface area contributed by atoms with Crippen molar-refractivity contribution >= 4 is 45.7 Å². The predicted octanol–water partition coefficient (Wildman–Crippen LogP) is 5.24. The molecule has 3 atom stereocenters. The molecule has 2 N–H and O–H groups in total. The second-order valence-corrected chi connectivity index (χ2v) is 11.4. The molecule has 5 rings (SSSR count). The number of carboxylic acids is 1. The van der Waals surface area contributed by atoms with Crippen molar-refractivity contribution in [1.29, 1.82) is 0 Å². The van der Waals surface area contributed by atoms with Gasteiger partial charge in [0.05, 0.1) is 5.92 Å². The summed E-state index contributed by atoms with van der Waals surface area (Å²) >= 11 is 6.36. The number of carbonyl (C=O) groups excluding carboxylic acids is 2. The van der Waals surface area contributed by atoms with Crippen molar-refractivity contribution in [1.82, 2.24) is 5.32 Å². The fourth-order valence-electron chi connectivity index (χ4n) is 4.81. The van der Waals surface area contributed by atoms with Gasteiger partial charge in [0.2, 0.25) is 0 Å². The van der Waals surface area contributed by atoms with E-state index in [1.54, 1.807) is 0 Å². The van der Waals surface area contributed by atoms with E-state index in [0.29, 0.717) is 18.1 Å². The number of hydrogen-bond donors (Lipinski definition) is 2. The zero-order chi connectivity index (χ0) is 27.6. The van der Waals surface area contributed by atoms with Gasteiger partial charge >= 0.3 is 5.97 Å². The van der Waals surface area contributed by atoms with Crippen LogP contribution in [-0.2, 0) is 19.1 Å². The van der Waals surface area contributed by atoms with Gasteiger partial charge in [-0.25, -0.2) is 0 Å². The monoisotopic (exact) mass is 536 g/mol. The standard InChI is InChI=1S/C24H24ClNO2.C6H9NO3/c1-24(2,3)15-26-21-12-11-17(25)13-20(21)23(28-14-22(26)27)19-10-6-8-16-7-4-5-9-18(16)19;1-3(8)4-2-7-5(4)6(9)10/h4-13,23H,14-15H2,1-3H3;4-5,7H,2H2,1H3,(H,9,10)/t;4-,5+/m.1/s1. The number of aliphatic carboxylic acids is 1. The largest absolute Gasteiger partial charge is 0.480 e. The SMILES string of the molecule is CC(=O)[C@H]1CN[C@@H]1C(=O)O.CC(C)(C)CN1C(=O)COC(c2cccc3ccccc23)c2cc(Cl)ccc21. The van der Waals surface area contributed by atoms with Crippen molar-refractivity contribution in [2.75, 3.05) is 24.6 Å². The Balaban J connectivity index is 0.000000283. The molecule has 0 aromatic heterocycles. The number of nitrogens with zero attached hydrogens (tertiary/aromatic N) is 1. The van der Waals surface area contributed by atoms with Gasteiger partial charge in [-0.2, -0.15) is 0 Å². The number of amides is 1. The van der Waals surface area contributed by atoms with E-state index in [9.17, 15) is 14.4 Å². The molecule has 1 fully saturated rings.